The van der Waals surface area contributed by atoms with Crippen LogP contribution in [-0.4, -0.2) is 21.8 Å². The number of nitrogens with one attached hydrogen (secondary N) is 4. The minimum atomic E-state index is -0.986. The maximum absolute atomic E-state index is 13.1. The molecule has 0 saturated carbocycles. The van der Waals surface area contributed by atoms with E-state index in [9.17, 15) is 18.8 Å². The van der Waals surface area contributed by atoms with Crippen LogP contribution in [0.3, 0.4) is 0 Å². The number of nitrogens with zero attached hydrogens (tertiary/aromatic N) is 1. The van der Waals surface area contributed by atoms with E-state index in [2.05, 4.69) is 25.9 Å². The number of hydrogen-bond donors (Lipinski definition) is 4. The highest BCUT2D eigenvalue weighted by molar-refractivity contribution is 6.04. The van der Waals surface area contributed by atoms with E-state index in [-0.39, 0.29) is 23.8 Å². The summed E-state index contributed by atoms with van der Waals surface area (Å²) in [5.41, 5.74) is 2.50. The number of carbonyl (C=O) groups excluding carboxylic acids is 2. The molecule has 9 heteroatoms. The molecule has 0 radical (unpaired) electrons. The van der Waals surface area contributed by atoms with Gasteiger partial charge in [-0.05, 0) is 55.3 Å². The van der Waals surface area contributed by atoms with Gasteiger partial charge in [-0.3, -0.25) is 19.4 Å². The Morgan fingerprint density at radius 3 is 2.61 bits per heavy atom. The van der Waals surface area contributed by atoms with Crippen molar-refractivity contribution in [2.75, 3.05) is 16.0 Å². The van der Waals surface area contributed by atoms with Crippen LogP contribution >= 0.6 is 0 Å². The minimum absolute atomic E-state index is 0.0192. The van der Waals surface area contributed by atoms with Crippen molar-refractivity contribution in [2.45, 2.75) is 26.2 Å². The van der Waals surface area contributed by atoms with Crippen LogP contribution in [0.2, 0.25) is 0 Å². The number of aromatic nitrogens is 2. The zero-order valence-corrected chi connectivity index (χ0v) is 16.9. The van der Waals surface area contributed by atoms with Crippen molar-refractivity contribution in [1.82, 2.24) is 9.97 Å². The Hall–Kier alpha value is -4.01. The lowest BCUT2D eigenvalue weighted by molar-refractivity contribution is -0.123. The van der Waals surface area contributed by atoms with E-state index in [4.69, 9.17) is 0 Å². The van der Waals surface area contributed by atoms with Gasteiger partial charge in [-0.15, -0.1) is 0 Å². The van der Waals surface area contributed by atoms with E-state index in [1.807, 2.05) is 32.0 Å². The molecule has 4 N–H and O–H groups in total. The number of hydrogen-bond acceptors (Lipinski definition) is 5. The predicted molar refractivity (Wildman–Crippen MR) is 115 cm³/mol. The van der Waals surface area contributed by atoms with Gasteiger partial charge < -0.3 is 16.0 Å². The fourth-order valence-electron chi connectivity index (χ4n) is 3.41. The van der Waals surface area contributed by atoms with Crippen molar-refractivity contribution >= 4 is 35.0 Å². The van der Waals surface area contributed by atoms with Crippen LogP contribution < -0.4 is 21.5 Å². The normalized spacial score (nSPS) is 15.1. The second-order valence-electron chi connectivity index (χ2n) is 7.42. The number of amides is 2. The first-order chi connectivity index (χ1) is 14.8. The fourth-order valence-corrected chi connectivity index (χ4v) is 3.41. The predicted octanol–water partition coefficient (Wildman–Crippen LogP) is 3.33. The number of benzene rings is 2. The molecule has 2 amide bonds. The van der Waals surface area contributed by atoms with Crippen LogP contribution in [0.5, 0.6) is 0 Å². The van der Waals surface area contributed by atoms with Gasteiger partial charge in [-0.1, -0.05) is 12.1 Å². The number of carbonyl (C=O) groups is 2. The lowest BCUT2D eigenvalue weighted by atomic mass is 9.92. The Morgan fingerprint density at radius 1 is 1.13 bits per heavy atom. The van der Waals surface area contributed by atoms with E-state index in [1.165, 1.54) is 24.3 Å². The first kappa shape index (κ1) is 20.3. The number of fused-ring (bicyclic) bond motifs is 1. The topological polar surface area (TPSA) is 116 Å². The summed E-state index contributed by atoms with van der Waals surface area (Å²) in [6, 6.07) is 11.1. The molecule has 2 heterocycles. The Morgan fingerprint density at radius 2 is 1.87 bits per heavy atom. The standard InChI is InChI=1S/C22H20FN5O3/c1-11-3-4-12(2)16(9-11)25-20(30)15-10-17(29)26-19-18(15)21(31)28-22(27-19)24-14-7-5-13(23)6-8-14/h3-9,15H,10H2,1-2H3,(H,25,30)(H3,24,26,27,28,29,31)/t15-/m1/s1. The van der Waals surface area contributed by atoms with Crippen molar-refractivity contribution in [3.8, 4) is 0 Å². The first-order valence-corrected chi connectivity index (χ1v) is 9.65. The van der Waals surface area contributed by atoms with Gasteiger partial charge in [-0.2, -0.15) is 4.98 Å². The second kappa shape index (κ2) is 8.02. The zero-order chi connectivity index (χ0) is 22.1. The number of aromatic amines is 1. The summed E-state index contributed by atoms with van der Waals surface area (Å²) in [6.45, 7) is 3.76. The molecule has 1 atom stereocenters. The number of rotatable bonds is 4. The highest BCUT2D eigenvalue weighted by Crippen LogP contribution is 2.30. The SMILES string of the molecule is Cc1ccc(C)c(NC(=O)[C@@H]2CC(=O)Nc3nc(Nc4ccc(F)cc4)[nH]c(=O)c32)c1. The van der Waals surface area contributed by atoms with Gasteiger partial charge in [0.1, 0.15) is 11.6 Å². The van der Waals surface area contributed by atoms with Crippen molar-refractivity contribution in [2.24, 2.45) is 0 Å². The lowest BCUT2D eigenvalue weighted by Crippen LogP contribution is -2.36. The summed E-state index contributed by atoms with van der Waals surface area (Å²) in [5, 5.41) is 8.22. The summed E-state index contributed by atoms with van der Waals surface area (Å²) in [6.07, 6.45) is -0.167. The van der Waals surface area contributed by atoms with Gasteiger partial charge in [0, 0.05) is 17.8 Å². The third-order valence-electron chi connectivity index (χ3n) is 5.03. The molecule has 1 aromatic heterocycles. The molecule has 1 aliphatic heterocycles. The van der Waals surface area contributed by atoms with Crippen LogP contribution in [-0.2, 0) is 9.59 Å². The van der Waals surface area contributed by atoms with Gasteiger partial charge >= 0.3 is 0 Å². The smallest absolute Gasteiger partial charge is 0.258 e. The van der Waals surface area contributed by atoms with E-state index in [0.29, 0.717) is 11.4 Å². The fraction of sp³-hybridized carbons (Fsp3) is 0.182. The van der Waals surface area contributed by atoms with Crippen LogP contribution in [0.25, 0.3) is 0 Å². The van der Waals surface area contributed by atoms with E-state index >= 15 is 0 Å². The second-order valence-corrected chi connectivity index (χ2v) is 7.42. The molecule has 1 aliphatic rings. The molecule has 0 bridgehead atoms. The van der Waals surface area contributed by atoms with Crippen molar-refractivity contribution in [3.63, 3.8) is 0 Å². The van der Waals surface area contributed by atoms with Crippen LogP contribution in [0.15, 0.2) is 47.3 Å². The molecule has 0 fully saturated rings. The first-order valence-electron chi connectivity index (χ1n) is 9.65. The Labute approximate surface area is 176 Å². The van der Waals surface area contributed by atoms with Crippen LogP contribution in [0, 0.1) is 19.7 Å². The number of H-pyrrole nitrogens is 1. The number of anilines is 4. The molecule has 158 valence electrons. The van der Waals surface area contributed by atoms with Gasteiger partial charge in [-0.25, -0.2) is 4.39 Å². The van der Waals surface area contributed by atoms with Gasteiger partial charge in [0.2, 0.25) is 17.8 Å². The monoisotopic (exact) mass is 421 g/mol. The third-order valence-corrected chi connectivity index (χ3v) is 5.03. The largest absolute Gasteiger partial charge is 0.326 e. The number of halogens is 1. The van der Waals surface area contributed by atoms with Gasteiger partial charge in [0.05, 0.1) is 11.5 Å². The molecule has 2 aromatic carbocycles. The maximum Gasteiger partial charge on any atom is 0.258 e. The molecule has 4 rings (SSSR count). The van der Waals surface area contributed by atoms with E-state index in [1.54, 1.807) is 0 Å². The van der Waals surface area contributed by atoms with Crippen LogP contribution in [0.1, 0.15) is 29.0 Å². The summed E-state index contributed by atoms with van der Waals surface area (Å²) in [4.78, 5) is 44.8. The summed E-state index contributed by atoms with van der Waals surface area (Å²) < 4.78 is 13.1. The Bertz CT molecular complexity index is 1240. The van der Waals surface area contributed by atoms with Gasteiger partial charge in [0.25, 0.3) is 5.56 Å². The molecule has 8 nitrogen and oxygen atoms in total. The zero-order valence-electron chi connectivity index (χ0n) is 16.9. The summed E-state index contributed by atoms with van der Waals surface area (Å²) in [5.74, 6) is -2.19. The van der Waals surface area contributed by atoms with Crippen molar-refractivity contribution in [3.05, 3.63) is 75.3 Å². The minimum Gasteiger partial charge on any atom is -0.326 e. The molecule has 0 saturated heterocycles. The highest BCUT2D eigenvalue weighted by Gasteiger charge is 2.35. The molecular formula is C22H20FN5O3. The molecule has 0 aliphatic carbocycles. The molecule has 0 unspecified atom stereocenters. The maximum atomic E-state index is 13.1. The van der Waals surface area contributed by atoms with Crippen molar-refractivity contribution < 1.29 is 14.0 Å². The Kier molecular flexibility index (Phi) is 5.24. The van der Waals surface area contributed by atoms with E-state index in [0.717, 1.165) is 11.1 Å². The molecule has 0 spiro atoms. The van der Waals surface area contributed by atoms with Crippen LogP contribution in [0.4, 0.5) is 27.5 Å². The van der Waals surface area contributed by atoms with Crippen molar-refractivity contribution in [1.29, 1.82) is 0 Å². The molecule has 31 heavy (non-hydrogen) atoms. The number of aryl methyl sites for hydroxylation is 2. The molecule has 3 aromatic rings. The summed E-state index contributed by atoms with van der Waals surface area (Å²) in [7, 11) is 0. The third kappa shape index (κ3) is 4.30. The molecular weight excluding hydrogens is 401 g/mol. The quantitative estimate of drug-likeness (QED) is 0.516. The lowest BCUT2D eigenvalue weighted by Gasteiger charge is -2.24. The average Bonchev–Trinajstić information content (AvgIpc) is 2.71. The average molecular weight is 421 g/mol. The highest BCUT2D eigenvalue weighted by atomic mass is 19.1. The van der Waals surface area contributed by atoms with Gasteiger partial charge in [0.15, 0.2) is 0 Å². The summed E-state index contributed by atoms with van der Waals surface area (Å²) >= 11 is 0. The Balaban J connectivity index is 1.65. The van der Waals surface area contributed by atoms with E-state index < -0.39 is 29.1 Å².